The summed E-state index contributed by atoms with van der Waals surface area (Å²) in [5.41, 5.74) is 0. The van der Waals surface area contributed by atoms with E-state index in [-0.39, 0.29) is 0 Å². The summed E-state index contributed by atoms with van der Waals surface area (Å²) in [5.74, 6) is 0. The van der Waals surface area contributed by atoms with Crippen LogP contribution < -0.4 is 5.19 Å². The van der Waals surface area contributed by atoms with Crippen LogP contribution in [0.25, 0.3) is 0 Å². The van der Waals surface area contributed by atoms with Gasteiger partial charge in [-0.15, -0.1) is 0 Å². The van der Waals surface area contributed by atoms with Crippen molar-refractivity contribution < 1.29 is 4.11 Å². The van der Waals surface area contributed by atoms with E-state index in [1.807, 2.05) is 0 Å². The van der Waals surface area contributed by atoms with Gasteiger partial charge in [-0.25, -0.2) is 0 Å². The van der Waals surface area contributed by atoms with Gasteiger partial charge in [0, 0.05) is 5.02 Å². The van der Waals surface area contributed by atoms with Crippen LogP contribution >= 0.6 is 11.6 Å². The van der Waals surface area contributed by atoms with Crippen molar-refractivity contribution in [1.82, 2.24) is 0 Å². The highest BCUT2D eigenvalue weighted by molar-refractivity contribution is 6.83. The van der Waals surface area contributed by atoms with Crippen LogP contribution in [0.15, 0.2) is 24.3 Å². The van der Waals surface area contributed by atoms with Crippen molar-refractivity contribution in [3.05, 3.63) is 29.3 Å². The molecular weight excluding hydrogens is 179 g/mol. The normalized spacial score (nSPS) is 11.6. The van der Waals surface area contributed by atoms with Crippen molar-refractivity contribution in [2.75, 3.05) is 0 Å². The molecule has 11 heavy (non-hydrogen) atoms. The predicted molar refractivity (Wildman–Crippen MR) is 49.7 cm³/mol. The number of benzene rings is 1. The van der Waals surface area contributed by atoms with E-state index in [9.17, 15) is 4.11 Å². The fourth-order valence-electron chi connectivity index (χ4n) is 0.846. The summed E-state index contributed by atoms with van der Waals surface area (Å²) in [6.07, 6.45) is 0. The summed E-state index contributed by atoms with van der Waals surface area (Å²) in [4.78, 5) is 0. The Bertz CT molecular complexity index is 237. The van der Waals surface area contributed by atoms with Gasteiger partial charge in [0.1, 0.15) is 0 Å². The zero-order valence-electron chi connectivity index (χ0n) is 6.57. The quantitative estimate of drug-likeness (QED) is 0.470. The smallest absolute Gasteiger partial charge is 0.271 e. The molecule has 0 nitrogen and oxygen atoms in total. The van der Waals surface area contributed by atoms with Gasteiger partial charge in [-0.2, -0.15) is 0 Å². The van der Waals surface area contributed by atoms with Crippen molar-refractivity contribution in [3.63, 3.8) is 0 Å². The Morgan fingerprint density at radius 2 is 1.64 bits per heavy atom. The second kappa shape index (κ2) is 2.95. The highest BCUT2D eigenvalue weighted by Gasteiger charge is 2.22. The maximum Gasteiger partial charge on any atom is 0.271 e. The maximum atomic E-state index is 13.3. The van der Waals surface area contributed by atoms with Gasteiger partial charge in [-0.05, 0) is 30.4 Å². The lowest BCUT2D eigenvalue weighted by Gasteiger charge is -2.10. The lowest BCUT2D eigenvalue weighted by atomic mass is 10.4. The molecule has 1 aromatic carbocycles. The number of hydrogen-bond acceptors (Lipinski definition) is 0. The molecule has 60 valence electrons. The zero-order chi connectivity index (χ0) is 8.48. The molecule has 1 aromatic rings. The van der Waals surface area contributed by atoms with Crippen LogP contribution in [0.3, 0.4) is 0 Å². The van der Waals surface area contributed by atoms with Gasteiger partial charge in [-0.3, -0.25) is 0 Å². The molecule has 0 radical (unpaired) electrons. The molecule has 0 bridgehead atoms. The van der Waals surface area contributed by atoms with E-state index in [1.165, 1.54) is 0 Å². The largest absolute Gasteiger partial charge is 0.308 e. The SMILES string of the molecule is C[Si](C)(F)c1ccc(Cl)cc1. The molecule has 3 heteroatoms. The molecule has 0 spiro atoms. The summed E-state index contributed by atoms with van der Waals surface area (Å²) in [5, 5.41) is 1.45. The average molecular weight is 189 g/mol. The van der Waals surface area contributed by atoms with E-state index >= 15 is 0 Å². The van der Waals surface area contributed by atoms with Crippen LogP contribution in [0.2, 0.25) is 18.1 Å². The molecule has 0 aliphatic heterocycles. The second-order valence-electron chi connectivity index (χ2n) is 2.98. The maximum absolute atomic E-state index is 13.3. The lowest BCUT2D eigenvalue weighted by Crippen LogP contribution is -2.35. The van der Waals surface area contributed by atoms with Crippen LogP contribution in [0, 0.1) is 0 Å². The Kier molecular flexibility index (Phi) is 2.35. The molecule has 0 aliphatic carbocycles. The summed E-state index contributed by atoms with van der Waals surface area (Å²) in [6.45, 7) is 3.33. The molecule has 0 saturated carbocycles. The second-order valence-corrected chi connectivity index (χ2v) is 6.94. The van der Waals surface area contributed by atoms with E-state index in [4.69, 9.17) is 11.6 Å². The first-order valence-electron chi connectivity index (χ1n) is 3.45. The van der Waals surface area contributed by atoms with Gasteiger partial charge in [0.25, 0.3) is 8.41 Å². The Morgan fingerprint density at radius 1 is 1.18 bits per heavy atom. The van der Waals surface area contributed by atoms with Crippen molar-refractivity contribution in [1.29, 1.82) is 0 Å². The number of rotatable bonds is 1. The van der Waals surface area contributed by atoms with Crippen molar-refractivity contribution in [3.8, 4) is 0 Å². The first-order chi connectivity index (χ1) is 5.00. The van der Waals surface area contributed by atoms with Gasteiger partial charge >= 0.3 is 0 Å². The Labute approximate surface area is 72.2 Å². The summed E-state index contributed by atoms with van der Waals surface area (Å²) in [6, 6.07) is 6.97. The Morgan fingerprint density at radius 3 is 2.00 bits per heavy atom. The minimum Gasteiger partial charge on any atom is -0.308 e. The fourth-order valence-corrected chi connectivity index (χ4v) is 1.93. The highest BCUT2D eigenvalue weighted by atomic mass is 35.5. The number of hydrogen-bond donors (Lipinski definition) is 0. The van der Waals surface area contributed by atoms with Crippen LogP contribution in [0.4, 0.5) is 4.11 Å². The summed E-state index contributed by atoms with van der Waals surface area (Å²) >= 11 is 5.65. The van der Waals surface area contributed by atoms with Gasteiger partial charge in [0.05, 0.1) is 0 Å². The van der Waals surface area contributed by atoms with E-state index < -0.39 is 8.41 Å². The van der Waals surface area contributed by atoms with Crippen LogP contribution in [0.1, 0.15) is 0 Å². The molecule has 0 aromatic heterocycles. The first-order valence-corrected chi connectivity index (χ1v) is 6.71. The van der Waals surface area contributed by atoms with Crippen LogP contribution in [-0.4, -0.2) is 8.41 Å². The molecular formula is C8H10ClFSi. The topological polar surface area (TPSA) is 0 Å². The first kappa shape index (κ1) is 8.75. The van der Waals surface area contributed by atoms with E-state index in [0.29, 0.717) is 5.02 Å². The Hall–Kier alpha value is -0.343. The third-order valence-corrected chi connectivity index (χ3v) is 3.49. The van der Waals surface area contributed by atoms with Gasteiger partial charge in [-0.1, -0.05) is 23.7 Å². The summed E-state index contributed by atoms with van der Waals surface area (Å²) < 4.78 is 13.3. The third-order valence-electron chi connectivity index (χ3n) is 1.53. The van der Waals surface area contributed by atoms with Crippen molar-refractivity contribution >= 4 is 25.2 Å². The molecule has 1 rings (SSSR count). The lowest BCUT2D eigenvalue weighted by molar-refractivity contribution is 0.822. The van der Waals surface area contributed by atoms with E-state index in [1.54, 1.807) is 37.4 Å². The van der Waals surface area contributed by atoms with Crippen LogP contribution in [-0.2, 0) is 0 Å². The molecule has 0 atom stereocenters. The molecule has 0 unspecified atom stereocenters. The average Bonchev–Trinajstić information content (AvgIpc) is 1.86. The molecule has 0 amide bonds. The minimum absolute atomic E-state index is 0.659. The van der Waals surface area contributed by atoms with Crippen molar-refractivity contribution in [2.24, 2.45) is 0 Å². The monoisotopic (exact) mass is 188 g/mol. The number of halogens is 2. The van der Waals surface area contributed by atoms with Crippen molar-refractivity contribution in [2.45, 2.75) is 13.1 Å². The van der Waals surface area contributed by atoms with E-state index in [2.05, 4.69) is 0 Å². The van der Waals surface area contributed by atoms with Gasteiger partial charge < -0.3 is 4.11 Å². The molecule has 0 saturated heterocycles. The molecule has 0 aliphatic rings. The molecule has 0 N–H and O–H groups in total. The minimum atomic E-state index is -2.61. The zero-order valence-corrected chi connectivity index (χ0v) is 8.32. The molecule has 0 heterocycles. The molecule has 0 fully saturated rings. The van der Waals surface area contributed by atoms with Gasteiger partial charge in [0.2, 0.25) is 0 Å². The summed E-state index contributed by atoms with van der Waals surface area (Å²) in [7, 11) is -2.61. The highest BCUT2D eigenvalue weighted by Crippen LogP contribution is 2.08. The standard InChI is InChI=1S/C8H10ClFSi/c1-11(2,10)8-5-3-7(9)4-6-8/h3-6H,1-2H3. The van der Waals surface area contributed by atoms with E-state index in [0.717, 1.165) is 5.19 Å². The fraction of sp³-hybridized carbons (Fsp3) is 0.250. The van der Waals surface area contributed by atoms with Gasteiger partial charge in [0.15, 0.2) is 0 Å². The predicted octanol–water partition coefficient (Wildman–Crippen LogP) is 2.72. The Balaban J connectivity index is 2.99. The van der Waals surface area contributed by atoms with Crippen LogP contribution in [0.5, 0.6) is 0 Å². The third kappa shape index (κ3) is 2.31.